The van der Waals surface area contributed by atoms with Crippen LogP contribution in [-0.4, -0.2) is 17.7 Å². The van der Waals surface area contributed by atoms with Crippen molar-refractivity contribution >= 4 is 24.1 Å². The number of hydrogen-bond acceptors (Lipinski definition) is 3. The molecule has 3 aromatic rings. The third-order valence-corrected chi connectivity index (χ3v) is 4.77. The van der Waals surface area contributed by atoms with Crippen molar-refractivity contribution in [1.82, 2.24) is 4.98 Å². The lowest BCUT2D eigenvalue weighted by molar-refractivity contribution is -0.137. The van der Waals surface area contributed by atoms with Crippen LogP contribution in [0.4, 0.5) is 18.9 Å². The first-order valence-corrected chi connectivity index (χ1v) is 9.61. The molecule has 0 fully saturated rings. The van der Waals surface area contributed by atoms with E-state index in [1.807, 2.05) is 36.4 Å². The molecule has 0 radical (unpaired) electrons. The Morgan fingerprint density at radius 2 is 1.87 bits per heavy atom. The fourth-order valence-corrected chi connectivity index (χ4v) is 3.10. The zero-order chi connectivity index (χ0) is 22.4. The predicted molar refractivity (Wildman–Crippen MR) is 119 cm³/mol. The number of pyridine rings is 1. The molecule has 0 amide bonds. The minimum absolute atomic E-state index is 0.158. The fourth-order valence-electron chi connectivity index (χ4n) is 3.10. The molecule has 0 unspecified atom stereocenters. The summed E-state index contributed by atoms with van der Waals surface area (Å²) >= 11 is 0. The molecule has 1 heterocycles. The molecular formula is C24H22F3N3O. The minimum Gasteiger partial charge on any atom is -0.379 e. The average molecular weight is 425 g/mol. The van der Waals surface area contributed by atoms with E-state index < -0.39 is 11.7 Å². The number of halogens is 3. The Morgan fingerprint density at radius 3 is 2.55 bits per heavy atom. The molecule has 31 heavy (non-hydrogen) atoms. The van der Waals surface area contributed by atoms with Crippen molar-refractivity contribution in [3.05, 3.63) is 98.3 Å². The number of anilines is 1. The Kier molecular flexibility index (Phi) is 6.74. The lowest BCUT2D eigenvalue weighted by Crippen LogP contribution is -2.40. The van der Waals surface area contributed by atoms with Gasteiger partial charge < -0.3 is 10.3 Å². The Morgan fingerprint density at radius 1 is 1.13 bits per heavy atom. The van der Waals surface area contributed by atoms with Gasteiger partial charge >= 0.3 is 6.18 Å². The van der Waals surface area contributed by atoms with Gasteiger partial charge in [-0.1, -0.05) is 49.1 Å². The first kappa shape index (κ1) is 22.1. The first-order valence-electron chi connectivity index (χ1n) is 9.61. The molecule has 0 aliphatic carbocycles. The van der Waals surface area contributed by atoms with Crippen molar-refractivity contribution < 1.29 is 13.2 Å². The summed E-state index contributed by atoms with van der Waals surface area (Å²) in [5.41, 5.74) is 1.70. The van der Waals surface area contributed by atoms with Gasteiger partial charge in [0.25, 0.3) is 0 Å². The fraction of sp³-hybridized carbons (Fsp3) is 0.167. The van der Waals surface area contributed by atoms with Crippen molar-refractivity contribution in [2.45, 2.75) is 19.1 Å². The number of nitrogens with one attached hydrogen (secondary N) is 2. The Labute approximate surface area is 177 Å². The van der Waals surface area contributed by atoms with Crippen LogP contribution >= 0.6 is 0 Å². The maximum Gasteiger partial charge on any atom is 0.416 e. The van der Waals surface area contributed by atoms with Gasteiger partial charge in [0.1, 0.15) is 0 Å². The molecule has 0 saturated carbocycles. The predicted octanol–water partition coefficient (Wildman–Crippen LogP) is 3.71. The van der Waals surface area contributed by atoms with Gasteiger partial charge in [0.2, 0.25) is 0 Å². The summed E-state index contributed by atoms with van der Waals surface area (Å²) < 4.78 is 38.7. The van der Waals surface area contributed by atoms with E-state index in [0.29, 0.717) is 28.4 Å². The van der Waals surface area contributed by atoms with Crippen molar-refractivity contribution in [3.8, 4) is 0 Å². The Bertz CT molecular complexity index is 1250. The second kappa shape index (κ2) is 9.47. The molecule has 0 aliphatic heterocycles. The van der Waals surface area contributed by atoms with Crippen molar-refractivity contribution in [1.29, 1.82) is 0 Å². The van der Waals surface area contributed by atoms with Crippen LogP contribution in [0.3, 0.4) is 0 Å². The molecule has 2 aromatic carbocycles. The van der Waals surface area contributed by atoms with Gasteiger partial charge in [0, 0.05) is 47.2 Å². The van der Waals surface area contributed by atoms with E-state index in [4.69, 9.17) is 0 Å². The van der Waals surface area contributed by atoms with E-state index in [1.54, 1.807) is 13.1 Å². The maximum absolute atomic E-state index is 12.9. The van der Waals surface area contributed by atoms with Crippen molar-refractivity contribution in [2.75, 3.05) is 12.4 Å². The van der Waals surface area contributed by atoms with E-state index in [9.17, 15) is 18.0 Å². The summed E-state index contributed by atoms with van der Waals surface area (Å²) in [6.07, 6.45) is -2.09. The normalized spacial score (nSPS) is 12.8. The second-order valence-corrected chi connectivity index (χ2v) is 6.93. The van der Waals surface area contributed by atoms with Crippen LogP contribution in [0.5, 0.6) is 0 Å². The number of aromatic amines is 1. The summed E-state index contributed by atoms with van der Waals surface area (Å²) in [5, 5.41) is 3.81. The average Bonchev–Trinajstić information content (AvgIpc) is 2.76. The van der Waals surface area contributed by atoms with E-state index >= 15 is 0 Å². The molecule has 0 saturated heterocycles. The number of aliphatic imine (C=N–C) groups is 1. The Balaban J connectivity index is 1.82. The number of alkyl halides is 3. The number of H-pyrrole nitrogens is 1. The molecule has 1 aromatic heterocycles. The zero-order valence-electron chi connectivity index (χ0n) is 17.0. The van der Waals surface area contributed by atoms with Crippen LogP contribution in [0.1, 0.15) is 23.2 Å². The topological polar surface area (TPSA) is 57.2 Å². The van der Waals surface area contributed by atoms with Crippen LogP contribution < -0.4 is 21.3 Å². The molecule has 0 spiro atoms. The highest BCUT2D eigenvalue weighted by molar-refractivity contribution is 6.03. The van der Waals surface area contributed by atoms with Crippen molar-refractivity contribution in [2.24, 2.45) is 4.99 Å². The SMILES string of the molecule is C=c1c(=O)cc(CNc2cccc(C(F)(F)F)c2)[nH]/c1=C\CC(=NC)c1ccccc1. The van der Waals surface area contributed by atoms with E-state index in [2.05, 4.69) is 21.9 Å². The van der Waals surface area contributed by atoms with Gasteiger partial charge in [-0.05, 0) is 23.8 Å². The second-order valence-electron chi connectivity index (χ2n) is 6.93. The number of nitrogens with zero attached hydrogens (tertiary/aromatic N) is 1. The number of rotatable bonds is 6. The monoisotopic (exact) mass is 425 g/mol. The lowest BCUT2D eigenvalue weighted by Gasteiger charge is -2.11. The molecule has 4 nitrogen and oxygen atoms in total. The molecule has 2 N–H and O–H groups in total. The summed E-state index contributed by atoms with van der Waals surface area (Å²) in [5.74, 6) is 0. The summed E-state index contributed by atoms with van der Waals surface area (Å²) in [6.45, 7) is 3.99. The van der Waals surface area contributed by atoms with Gasteiger partial charge in [-0.2, -0.15) is 13.2 Å². The van der Waals surface area contributed by atoms with Crippen LogP contribution in [-0.2, 0) is 12.7 Å². The minimum atomic E-state index is -4.42. The van der Waals surface area contributed by atoms with E-state index in [1.165, 1.54) is 12.1 Å². The van der Waals surface area contributed by atoms with E-state index in [-0.39, 0.29) is 12.0 Å². The number of aromatic nitrogens is 1. The number of hydrogen-bond donors (Lipinski definition) is 2. The quantitative estimate of drug-likeness (QED) is 0.592. The van der Waals surface area contributed by atoms with Crippen LogP contribution in [0.15, 0.2) is 70.5 Å². The van der Waals surface area contributed by atoms with Gasteiger partial charge in [-0.25, -0.2) is 0 Å². The van der Waals surface area contributed by atoms with Gasteiger partial charge in [-0.3, -0.25) is 9.79 Å². The molecule has 0 atom stereocenters. The van der Waals surface area contributed by atoms with Gasteiger partial charge in [0.15, 0.2) is 5.43 Å². The van der Waals surface area contributed by atoms with Crippen LogP contribution in [0.2, 0.25) is 0 Å². The largest absolute Gasteiger partial charge is 0.416 e. The Hall–Kier alpha value is -3.61. The molecule has 0 bridgehead atoms. The molecule has 160 valence electrons. The first-order chi connectivity index (χ1) is 14.8. The highest BCUT2D eigenvalue weighted by Crippen LogP contribution is 2.30. The molecular weight excluding hydrogens is 403 g/mol. The third-order valence-electron chi connectivity index (χ3n) is 4.77. The smallest absolute Gasteiger partial charge is 0.379 e. The maximum atomic E-state index is 12.9. The highest BCUT2D eigenvalue weighted by atomic mass is 19.4. The van der Waals surface area contributed by atoms with Gasteiger partial charge in [0.05, 0.1) is 12.1 Å². The van der Waals surface area contributed by atoms with Crippen LogP contribution in [0.25, 0.3) is 12.7 Å². The molecule has 7 heteroatoms. The van der Waals surface area contributed by atoms with E-state index in [0.717, 1.165) is 23.4 Å². The molecule has 3 rings (SSSR count). The van der Waals surface area contributed by atoms with Crippen LogP contribution in [0, 0.1) is 0 Å². The summed E-state index contributed by atoms with van der Waals surface area (Å²) in [7, 11) is 1.71. The van der Waals surface area contributed by atoms with Crippen molar-refractivity contribution in [3.63, 3.8) is 0 Å². The lowest BCUT2D eigenvalue weighted by atomic mass is 10.1. The number of benzene rings is 2. The molecule has 0 aliphatic rings. The zero-order valence-corrected chi connectivity index (χ0v) is 17.0. The highest BCUT2D eigenvalue weighted by Gasteiger charge is 2.30. The van der Waals surface area contributed by atoms with Gasteiger partial charge in [-0.15, -0.1) is 0 Å². The standard InChI is InChI=1S/C24H22F3N3O/c1-16-21(11-12-22(28-2)17-7-4-3-5-8-17)30-20(14-23(16)31)15-29-19-10-6-9-18(13-19)24(25,26)27/h3-11,13-14,29-30H,1,12,15H2,2H3/b21-11-,28-22?. The summed E-state index contributed by atoms with van der Waals surface area (Å²) in [4.78, 5) is 19.8. The third kappa shape index (κ3) is 5.72. The summed E-state index contributed by atoms with van der Waals surface area (Å²) in [6, 6.07) is 16.0.